The number of hydrogen-bond acceptors (Lipinski definition) is 3. The zero-order chi connectivity index (χ0) is 13.8. The average Bonchev–Trinajstić information content (AvgIpc) is 2.92. The lowest BCUT2D eigenvalue weighted by atomic mass is 10.2. The molecule has 0 bridgehead atoms. The van der Waals surface area contributed by atoms with Crippen molar-refractivity contribution in [1.29, 1.82) is 0 Å². The quantitative estimate of drug-likeness (QED) is 0.763. The van der Waals surface area contributed by atoms with Crippen LogP contribution < -0.4 is 0 Å². The van der Waals surface area contributed by atoms with Gasteiger partial charge in [-0.3, -0.25) is 9.59 Å². The molecule has 0 unspecified atom stereocenters. The van der Waals surface area contributed by atoms with Gasteiger partial charge in [-0.05, 0) is 25.0 Å². The molecule has 19 heavy (non-hydrogen) atoms. The molecule has 5 nitrogen and oxygen atoms in total. The van der Waals surface area contributed by atoms with Crippen LogP contribution in [0, 0.1) is 5.95 Å². The summed E-state index contributed by atoms with van der Waals surface area (Å²) in [6.07, 6.45) is 3.28. The summed E-state index contributed by atoms with van der Waals surface area (Å²) in [4.78, 5) is 30.3. The molecular weight excluding hydrogens is 249 g/mol. The molecule has 0 saturated carbocycles. The summed E-state index contributed by atoms with van der Waals surface area (Å²) in [7, 11) is 1.49. The number of pyridine rings is 1. The zero-order valence-electron chi connectivity index (χ0n) is 10.8. The van der Waals surface area contributed by atoms with E-state index >= 15 is 0 Å². The van der Waals surface area contributed by atoms with Crippen molar-refractivity contribution in [2.45, 2.75) is 12.8 Å². The van der Waals surface area contributed by atoms with Crippen molar-refractivity contribution >= 4 is 11.8 Å². The minimum absolute atomic E-state index is 0.0346. The number of hydrogen-bond donors (Lipinski definition) is 0. The van der Waals surface area contributed by atoms with Crippen molar-refractivity contribution in [3.8, 4) is 0 Å². The lowest BCUT2D eigenvalue weighted by molar-refractivity contribution is -0.130. The van der Waals surface area contributed by atoms with E-state index in [2.05, 4.69) is 4.98 Å². The summed E-state index contributed by atoms with van der Waals surface area (Å²) < 4.78 is 13.4. The Morgan fingerprint density at radius 3 is 2.74 bits per heavy atom. The maximum absolute atomic E-state index is 13.4. The first-order valence-corrected chi connectivity index (χ1v) is 6.23. The van der Waals surface area contributed by atoms with Gasteiger partial charge < -0.3 is 9.80 Å². The molecule has 1 aliphatic rings. The van der Waals surface area contributed by atoms with Crippen LogP contribution in [0.2, 0.25) is 0 Å². The van der Waals surface area contributed by atoms with Crippen LogP contribution in [0.4, 0.5) is 4.39 Å². The number of halogens is 1. The van der Waals surface area contributed by atoms with Gasteiger partial charge in [-0.1, -0.05) is 0 Å². The molecular formula is C13H16FN3O2. The largest absolute Gasteiger partial charge is 0.341 e. The molecule has 0 aromatic carbocycles. The molecule has 2 amide bonds. The molecule has 2 rings (SSSR count). The standard InChI is InChI=1S/C13H16FN3O2/c1-16(9-11(18)17-7-2-3-8-17)13(19)10-5-4-6-15-12(10)14/h4-6H,2-3,7-9H2,1H3. The molecule has 1 fully saturated rings. The Balaban J connectivity index is 1.99. The fourth-order valence-corrected chi connectivity index (χ4v) is 2.09. The highest BCUT2D eigenvalue weighted by Gasteiger charge is 2.23. The van der Waals surface area contributed by atoms with E-state index in [9.17, 15) is 14.0 Å². The first-order chi connectivity index (χ1) is 9.09. The van der Waals surface area contributed by atoms with Gasteiger partial charge in [0, 0.05) is 26.3 Å². The SMILES string of the molecule is CN(CC(=O)N1CCCC1)C(=O)c1cccnc1F. The number of likely N-dealkylation sites (tertiary alicyclic amines) is 1. The predicted octanol–water partition coefficient (Wildman–Crippen LogP) is 0.915. The average molecular weight is 265 g/mol. The molecule has 0 aliphatic carbocycles. The van der Waals surface area contributed by atoms with Crippen molar-refractivity contribution in [1.82, 2.24) is 14.8 Å². The first-order valence-electron chi connectivity index (χ1n) is 6.23. The smallest absolute Gasteiger partial charge is 0.258 e. The normalized spacial score (nSPS) is 14.5. The fourth-order valence-electron chi connectivity index (χ4n) is 2.09. The van der Waals surface area contributed by atoms with Gasteiger partial charge in [0.2, 0.25) is 11.9 Å². The number of carbonyl (C=O) groups is 2. The van der Waals surface area contributed by atoms with E-state index in [4.69, 9.17) is 0 Å². The Kier molecular flexibility index (Phi) is 4.09. The van der Waals surface area contributed by atoms with Crippen LogP contribution in [0.1, 0.15) is 23.2 Å². The number of carbonyl (C=O) groups excluding carboxylic acids is 2. The third-order valence-electron chi connectivity index (χ3n) is 3.17. The molecule has 0 spiro atoms. The van der Waals surface area contributed by atoms with Gasteiger partial charge in [0.05, 0.1) is 12.1 Å². The van der Waals surface area contributed by atoms with E-state index in [1.807, 2.05) is 0 Å². The number of rotatable bonds is 3. The molecule has 1 aromatic heterocycles. The highest BCUT2D eigenvalue weighted by molar-refractivity contribution is 5.96. The van der Waals surface area contributed by atoms with Gasteiger partial charge in [-0.2, -0.15) is 4.39 Å². The van der Waals surface area contributed by atoms with Gasteiger partial charge in [-0.25, -0.2) is 4.98 Å². The number of likely N-dealkylation sites (N-methyl/N-ethyl adjacent to an activating group) is 1. The molecule has 0 radical (unpaired) electrons. The maximum Gasteiger partial charge on any atom is 0.258 e. The van der Waals surface area contributed by atoms with Gasteiger partial charge in [0.1, 0.15) is 0 Å². The summed E-state index contributed by atoms with van der Waals surface area (Å²) in [6.45, 7) is 1.44. The second-order valence-electron chi connectivity index (χ2n) is 4.59. The topological polar surface area (TPSA) is 53.5 Å². The van der Waals surface area contributed by atoms with Gasteiger partial charge in [0.25, 0.3) is 5.91 Å². The van der Waals surface area contributed by atoms with E-state index in [1.54, 1.807) is 4.90 Å². The van der Waals surface area contributed by atoms with Crippen molar-refractivity contribution < 1.29 is 14.0 Å². The zero-order valence-corrected chi connectivity index (χ0v) is 10.8. The molecule has 102 valence electrons. The lowest BCUT2D eigenvalue weighted by Crippen LogP contribution is -2.40. The summed E-state index contributed by atoms with van der Waals surface area (Å²) in [6, 6.07) is 2.86. The fraction of sp³-hybridized carbons (Fsp3) is 0.462. The van der Waals surface area contributed by atoms with Crippen LogP contribution in [0.3, 0.4) is 0 Å². The monoisotopic (exact) mass is 265 g/mol. The molecule has 1 aliphatic heterocycles. The third-order valence-corrected chi connectivity index (χ3v) is 3.17. The molecule has 0 atom stereocenters. The minimum Gasteiger partial charge on any atom is -0.341 e. The highest BCUT2D eigenvalue weighted by Crippen LogP contribution is 2.10. The minimum atomic E-state index is -0.812. The Morgan fingerprint density at radius 1 is 1.42 bits per heavy atom. The Hall–Kier alpha value is -1.98. The number of amides is 2. The lowest BCUT2D eigenvalue weighted by Gasteiger charge is -2.21. The maximum atomic E-state index is 13.4. The predicted molar refractivity (Wildman–Crippen MR) is 67.0 cm³/mol. The summed E-state index contributed by atoms with van der Waals surface area (Å²) in [5.74, 6) is -1.44. The summed E-state index contributed by atoms with van der Waals surface area (Å²) >= 11 is 0. The second-order valence-corrected chi connectivity index (χ2v) is 4.59. The van der Waals surface area contributed by atoms with Crippen LogP contribution in [0.15, 0.2) is 18.3 Å². The molecule has 1 saturated heterocycles. The second kappa shape index (κ2) is 5.77. The van der Waals surface area contributed by atoms with E-state index in [1.165, 1.54) is 30.3 Å². The number of nitrogens with zero attached hydrogens (tertiary/aromatic N) is 3. The Bertz CT molecular complexity index is 487. The van der Waals surface area contributed by atoms with Crippen molar-refractivity contribution in [3.63, 3.8) is 0 Å². The van der Waals surface area contributed by atoms with E-state index in [0.29, 0.717) is 0 Å². The van der Waals surface area contributed by atoms with Crippen molar-refractivity contribution in [3.05, 3.63) is 29.8 Å². The van der Waals surface area contributed by atoms with Gasteiger partial charge in [-0.15, -0.1) is 0 Å². The van der Waals surface area contributed by atoms with Crippen LogP contribution >= 0.6 is 0 Å². The molecule has 2 heterocycles. The Morgan fingerprint density at radius 2 is 2.11 bits per heavy atom. The van der Waals surface area contributed by atoms with Crippen LogP contribution in [0.25, 0.3) is 0 Å². The molecule has 0 N–H and O–H groups in total. The number of aromatic nitrogens is 1. The van der Waals surface area contributed by atoms with Crippen LogP contribution in [-0.4, -0.2) is 53.3 Å². The van der Waals surface area contributed by atoms with E-state index in [-0.39, 0.29) is 18.0 Å². The van der Waals surface area contributed by atoms with E-state index < -0.39 is 11.9 Å². The van der Waals surface area contributed by atoms with E-state index in [0.717, 1.165) is 25.9 Å². The Labute approximate surface area is 111 Å². The molecule has 1 aromatic rings. The van der Waals surface area contributed by atoms with Crippen molar-refractivity contribution in [2.75, 3.05) is 26.7 Å². The summed E-state index contributed by atoms with van der Waals surface area (Å²) in [5, 5.41) is 0. The van der Waals surface area contributed by atoms with Gasteiger partial charge >= 0.3 is 0 Å². The van der Waals surface area contributed by atoms with Crippen molar-refractivity contribution in [2.24, 2.45) is 0 Å². The van der Waals surface area contributed by atoms with Crippen LogP contribution in [-0.2, 0) is 4.79 Å². The highest BCUT2D eigenvalue weighted by atomic mass is 19.1. The third kappa shape index (κ3) is 3.07. The molecule has 6 heteroatoms. The van der Waals surface area contributed by atoms with Gasteiger partial charge in [0.15, 0.2) is 0 Å². The first kappa shape index (κ1) is 13.5. The van der Waals surface area contributed by atoms with Crippen LogP contribution in [0.5, 0.6) is 0 Å². The summed E-state index contributed by atoms with van der Waals surface area (Å²) in [5.41, 5.74) is -0.112.